The minimum absolute atomic E-state index is 0.335. The van der Waals surface area contributed by atoms with E-state index in [4.69, 9.17) is 11.5 Å². The Labute approximate surface area is 118 Å². The molecular weight excluding hydrogens is 250 g/mol. The van der Waals surface area contributed by atoms with Gasteiger partial charge in [-0.2, -0.15) is 0 Å². The van der Waals surface area contributed by atoms with Gasteiger partial charge in [-0.1, -0.05) is 31.2 Å². The van der Waals surface area contributed by atoms with Gasteiger partial charge in [-0.15, -0.1) is 0 Å². The maximum atomic E-state index is 11.3. The maximum absolute atomic E-state index is 11.3. The summed E-state index contributed by atoms with van der Waals surface area (Å²) in [6.07, 6.45) is 0.916. The molecule has 4 heteroatoms. The fourth-order valence-electron chi connectivity index (χ4n) is 2.23. The van der Waals surface area contributed by atoms with Crippen LogP contribution in [0.2, 0.25) is 0 Å². The topological polar surface area (TPSA) is 81.1 Å². The molecule has 0 radical (unpaired) electrons. The number of amides is 1. The first-order valence-electron chi connectivity index (χ1n) is 6.58. The van der Waals surface area contributed by atoms with Crippen LogP contribution in [0.1, 0.15) is 28.4 Å². The Morgan fingerprint density at radius 1 is 1.20 bits per heavy atom. The van der Waals surface area contributed by atoms with E-state index in [1.807, 2.05) is 25.1 Å². The highest BCUT2D eigenvalue weighted by Gasteiger charge is 2.11. The van der Waals surface area contributed by atoms with E-state index >= 15 is 0 Å². The summed E-state index contributed by atoms with van der Waals surface area (Å²) < 4.78 is 0. The smallest absolute Gasteiger partial charge is 0.250 e. The number of carbonyl (C=O) groups is 1. The van der Waals surface area contributed by atoms with Crippen molar-refractivity contribution >= 4 is 23.0 Å². The van der Waals surface area contributed by atoms with Crippen LogP contribution in [0.25, 0.3) is 0 Å². The molecule has 0 unspecified atom stereocenters. The third-order valence-electron chi connectivity index (χ3n) is 3.37. The molecule has 2 aromatic rings. The molecule has 104 valence electrons. The van der Waals surface area contributed by atoms with Gasteiger partial charge in [0, 0.05) is 5.69 Å². The van der Waals surface area contributed by atoms with Crippen LogP contribution in [-0.2, 0) is 6.42 Å². The molecule has 0 heterocycles. The number of aryl methyl sites for hydroxylation is 2. The van der Waals surface area contributed by atoms with Crippen LogP contribution < -0.4 is 16.8 Å². The summed E-state index contributed by atoms with van der Waals surface area (Å²) in [4.78, 5) is 11.3. The number of para-hydroxylation sites is 2. The number of anilines is 3. The van der Waals surface area contributed by atoms with Crippen LogP contribution in [0.3, 0.4) is 0 Å². The van der Waals surface area contributed by atoms with Crippen LogP contribution in [0, 0.1) is 6.92 Å². The average Bonchev–Trinajstić information content (AvgIpc) is 2.42. The van der Waals surface area contributed by atoms with Crippen molar-refractivity contribution in [2.24, 2.45) is 5.73 Å². The minimum Gasteiger partial charge on any atom is -0.396 e. The lowest BCUT2D eigenvalue weighted by Gasteiger charge is -2.16. The van der Waals surface area contributed by atoms with E-state index < -0.39 is 5.91 Å². The second kappa shape index (κ2) is 5.65. The lowest BCUT2D eigenvalue weighted by Crippen LogP contribution is -2.14. The number of benzene rings is 2. The Morgan fingerprint density at radius 2 is 1.90 bits per heavy atom. The number of nitrogens with one attached hydrogen (secondary N) is 1. The van der Waals surface area contributed by atoms with Crippen molar-refractivity contribution in [3.63, 3.8) is 0 Å². The molecule has 4 nitrogen and oxygen atoms in total. The van der Waals surface area contributed by atoms with E-state index in [1.54, 1.807) is 12.1 Å². The Morgan fingerprint density at radius 3 is 2.55 bits per heavy atom. The summed E-state index contributed by atoms with van der Waals surface area (Å²) in [5.74, 6) is -0.522. The van der Waals surface area contributed by atoms with Gasteiger partial charge in [-0.25, -0.2) is 0 Å². The van der Waals surface area contributed by atoms with E-state index in [-0.39, 0.29) is 0 Å². The highest BCUT2D eigenvalue weighted by atomic mass is 16.1. The third kappa shape index (κ3) is 2.59. The molecule has 0 bridgehead atoms. The van der Waals surface area contributed by atoms with E-state index in [1.165, 1.54) is 5.56 Å². The van der Waals surface area contributed by atoms with Crippen molar-refractivity contribution in [2.75, 3.05) is 11.1 Å². The SMILES string of the molecule is CCc1cccc(C)c1Nc1cccc(C(N)=O)c1N. The third-order valence-corrected chi connectivity index (χ3v) is 3.37. The van der Waals surface area contributed by atoms with Crippen LogP contribution in [0.4, 0.5) is 17.1 Å². The molecule has 0 aliphatic heterocycles. The Kier molecular flexibility index (Phi) is 3.94. The fourth-order valence-corrected chi connectivity index (χ4v) is 2.23. The second-order valence-corrected chi connectivity index (χ2v) is 4.72. The first-order chi connectivity index (χ1) is 9.54. The van der Waals surface area contributed by atoms with Gasteiger partial charge in [-0.3, -0.25) is 4.79 Å². The van der Waals surface area contributed by atoms with Crippen LogP contribution >= 0.6 is 0 Å². The zero-order valence-corrected chi connectivity index (χ0v) is 11.7. The normalized spacial score (nSPS) is 10.3. The summed E-state index contributed by atoms with van der Waals surface area (Å²) >= 11 is 0. The van der Waals surface area contributed by atoms with Gasteiger partial charge >= 0.3 is 0 Å². The lowest BCUT2D eigenvalue weighted by atomic mass is 10.0. The van der Waals surface area contributed by atoms with Crippen molar-refractivity contribution < 1.29 is 4.79 Å². The summed E-state index contributed by atoms with van der Waals surface area (Å²) in [5, 5.41) is 3.32. The Hall–Kier alpha value is -2.49. The lowest BCUT2D eigenvalue weighted by molar-refractivity contribution is 0.100. The van der Waals surface area contributed by atoms with Gasteiger partial charge in [0.2, 0.25) is 0 Å². The predicted octanol–water partition coefficient (Wildman–Crippen LogP) is 2.98. The number of primary amides is 1. The van der Waals surface area contributed by atoms with E-state index in [0.29, 0.717) is 16.9 Å². The van der Waals surface area contributed by atoms with Gasteiger partial charge in [0.05, 0.1) is 16.9 Å². The molecule has 0 fully saturated rings. The molecule has 5 N–H and O–H groups in total. The summed E-state index contributed by atoms with van der Waals surface area (Å²) in [7, 11) is 0. The molecule has 2 rings (SSSR count). The van der Waals surface area contributed by atoms with Crippen LogP contribution in [0.5, 0.6) is 0 Å². The fraction of sp³-hybridized carbons (Fsp3) is 0.188. The molecule has 0 saturated heterocycles. The molecule has 0 aliphatic rings. The quantitative estimate of drug-likeness (QED) is 0.746. The molecule has 0 aromatic heterocycles. The number of hydrogen-bond acceptors (Lipinski definition) is 3. The highest BCUT2D eigenvalue weighted by molar-refractivity contribution is 6.01. The van der Waals surface area contributed by atoms with Crippen molar-refractivity contribution in [1.29, 1.82) is 0 Å². The largest absolute Gasteiger partial charge is 0.396 e. The van der Waals surface area contributed by atoms with Gasteiger partial charge in [0.1, 0.15) is 0 Å². The number of carbonyl (C=O) groups excluding carboxylic acids is 1. The van der Waals surface area contributed by atoms with Gasteiger partial charge in [-0.05, 0) is 36.6 Å². The van der Waals surface area contributed by atoms with Crippen molar-refractivity contribution in [2.45, 2.75) is 20.3 Å². The molecule has 2 aromatic carbocycles. The average molecular weight is 269 g/mol. The molecule has 0 atom stereocenters. The summed E-state index contributed by atoms with van der Waals surface area (Å²) in [6, 6.07) is 11.4. The van der Waals surface area contributed by atoms with Crippen molar-refractivity contribution in [3.05, 3.63) is 53.1 Å². The molecule has 1 amide bonds. The zero-order chi connectivity index (χ0) is 14.7. The number of rotatable bonds is 4. The molecule has 0 aliphatic carbocycles. The first kappa shape index (κ1) is 13.9. The highest BCUT2D eigenvalue weighted by Crippen LogP contribution is 2.30. The van der Waals surface area contributed by atoms with E-state index in [2.05, 4.69) is 18.3 Å². The van der Waals surface area contributed by atoms with E-state index in [0.717, 1.165) is 17.7 Å². The molecule has 20 heavy (non-hydrogen) atoms. The monoisotopic (exact) mass is 269 g/mol. The number of nitrogens with two attached hydrogens (primary N) is 2. The van der Waals surface area contributed by atoms with Crippen LogP contribution in [-0.4, -0.2) is 5.91 Å². The van der Waals surface area contributed by atoms with Crippen molar-refractivity contribution in [3.8, 4) is 0 Å². The molecular formula is C16H19N3O. The Bertz CT molecular complexity index is 650. The van der Waals surface area contributed by atoms with Gasteiger partial charge in [0.25, 0.3) is 5.91 Å². The first-order valence-corrected chi connectivity index (χ1v) is 6.58. The number of nitrogen functional groups attached to an aromatic ring is 1. The Balaban J connectivity index is 2.46. The van der Waals surface area contributed by atoms with Crippen molar-refractivity contribution in [1.82, 2.24) is 0 Å². The second-order valence-electron chi connectivity index (χ2n) is 4.72. The summed E-state index contributed by atoms with van der Waals surface area (Å²) in [6.45, 7) is 4.14. The molecule has 0 spiro atoms. The van der Waals surface area contributed by atoms with Gasteiger partial charge in [0.15, 0.2) is 0 Å². The van der Waals surface area contributed by atoms with Crippen LogP contribution in [0.15, 0.2) is 36.4 Å². The standard InChI is InChI=1S/C16H19N3O/c1-3-11-7-4-6-10(2)15(11)19-13-9-5-8-12(14(13)17)16(18)20/h4-9,19H,3,17H2,1-2H3,(H2,18,20). The maximum Gasteiger partial charge on any atom is 0.250 e. The summed E-state index contributed by atoms with van der Waals surface area (Å²) in [5.41, 5.74) is 16.1. The zero-order valence-electron chi connectivity index (χ0n) is 11.7. The number of hydrogen-bond donors (Lipinski definition) is 3. The van der Waals surface area contributed by atoms with E-state index in [9.17, 15) is 4.79 Å². The van der Waals surface area contributed by atoms with Gasteiger partial charge < -0.3 is 16.8 Å². The molecule has 0 saturated carbocycles. The predicted molar refractivity (Wildman–Crippen MR) is 83.2 cm³/mol. The minimum atomic E-state index is -0.522.